The van der Waals surface area contributed by atoms with Gasteiger partial charge < -0.3 is 20.1 Å². The van der Waals surface area contributed by atoms with E-state index in [4.69, 9.17) is 9.84 Å². The van der Waals surface area contributed by atoms with Crippen molar-refractivity contribution in [2.75, 3.05) is 31.1 Å². The standard InChI is InChI=1S/C14H26F3N.C13H14F2N2O3/c1-2-3-4-5-6-7-8-9-12-18-13(10-11-13)14(15,16)17;14-13(15)6-17(7-13)10-4-3-9(12(18)19)16-11(10)20-5-8-1-2-8/h18H,2-12H2,1H3;3-4,8H,1-2,5-7H2,(H,18,19). The molecule has 1 aromatic rings. The Hall–Kier alpha value is -2.17. The number of pyridine rings is 1. The normalized spacial score (nSPS) is 19.3. The van der Waals surface area contributed by atoms with E-state index in [1.165, 1.54) is 49.1 Å². The number of rotatable bonds is 15. The number of aromatic nitrogens is 1. The fourth-order valence-corrected chi connectivity index (χ4v) is 4.33. The van der Waals surface area contributed by atoms with Crippen molar-refractivity contribution in [1.29, 1.82) is 0 Å². The van der Waals surface area contributed by atoms with Crippen LogP contribution in [0.3, 0.4) is 0 Å². The molecule has 2 N–H and O–H groups in total. The van der Waals surface area contributed by atoms with E-state index in [1.807, 2.05) is 0 Å². The maximum Gasteiger partial charge on any atom is 0.406 e. The summed E-state index contributed by atoms with van der Waals surface area (Å²) in [6, 6.07) is 2.78. The predicted octanol–water partition coefficient (Wildman–Crippen LogP) is 6.84. The van der Waals surface area contributed by atoms with Crippen LogP contribution in [0.25, 0.3) is 0 Å². The average molecular weight is 550 g/mol. The molecule has 0 amide bonds. The first-order chi connectivity index (χ1) is 18.0. The van der Waals surface area contributed by atoms with Crippen molar-refractivity contribution in [3.63, 3.8) is 0 Å². The van der Waals surface area contributed by atoms with Gasteiger partial charge in [-0.2, -0.15) is 13.2 Å². The third-order valence-corrected chi connectivity index (χ3v) is 7.18. The molecule has 4 rings (SSSR count). The number of carboxylic acids is 1. The van der Waals surface area contributed by atoms with Gasteiger partial charge in [0.2, 0.25) is 5.88 Å². The number of hydrogen-bond donors (Lipinski definition) is 2. The van der Waals surface area contributed by atoms with E-state index in [1.54, 1.807) is 0 Å². The van der Waals surface area contributed by atoms with Gasteiger partial charge in [-0.25, -0.2) is 18.6 Å². The molecule has 2 heterocycles. The molecule has 2 saturated carbocycles. The van der Waals surface area contributed by atoms with Crippen LogP contribution in [0.1, 0.15) is 94.5 Å². The maximum atomic E-state index is 12.9. The Morgan fingerprint density at radius 1 is 1.08 bits per heavy atom. The summed E-state index contributed by atoms with van der Waals surface area (Å²) in [5, 5.41) is 11.6. The first kappa shape index (κ1) is 30.4. The molecule has 0 unspecified atom stereocenters. The minimum absolute atomic E-state index is 0.132. The minimum atomic E-state index is -4.06. The molecule has 0 spiro atoms. The van der Waals surface area contributed by atoms with Gasteiger partial charge in [0.15, 0.2) is 5.69 Å². The van der Waals surface area contributed by atoms with Gasteiger partial charge in [-0.05, 0) is 56.7 Å². The molecule has 11 heteroatoms. The Bertz CT molecular complexity index is 896. The van der Waals surface area contributed by atoms with Crippen molar-refractivity contribution in [3.05, 3.63) is 17.8 Å². The molecule has 38 heavy (non-hydrogen) atoms. The second-order valence-corrected chi connectivity index (χ2v) is 10.8. The minimum Gasteiger partial charge on any atom is -0.477 e. The van der Waals surface area contributed by atoms with Gasteiger partial charge >= 0.3 is 12.1 Å². The van der Waals surface area contributed by atoms with Crippen molar-refractivity contribution in [1.82, 2.24) is 10.3 Å². The van der Waals surface area contributed by atoms with Crippen molar-refractivity contribution >= 4 is 11.7 Å². The molecule has 0 bridgehead atoms. The van der Waals surface area contributed by atoms with Crippen molar-refractivity contribution in [2.24, 2.45) is 5.92 Å². The summed E-state index contributed by atoms with van der Waals surface area (Å²) in [5.41, 5.74) is -1.23. The van der Waals surface area contributed by atoms with Crippen molar-refractivity contribution in [3.8, 4) is 5.88 Å². The Balaban J connectivity index is 0.000000212. The van der Waals surface area contributed by atoms with E-state index in [9.17, 15) is 26.7 Å². The first-order valence-corrected chi connectivity index (χ1v) is 13.8. The van der Waals surface area contributed by atoms with E-state index in [-0.39, 0.29) is 37.5 Å². The van der Waals surface area contributed by atoms with Gasteiger partial charge in [-0.1, -0.05) is 51.9 Å². The fourth-order valence-electron chi connectivity index (χ4n) is 4.33. The predicted molar refractivity (Wildman–Crippen MR) is 135 cm³/mol. The highest BCUT2D eigenvalue weighted by Crippen LogP contribution is 2.48. The van der Waals surface area contributed by atoms with Crippen LogP contribution < -0.4 is 15.0 Å². The Labute approximate surface area is 221 Å². The number of anilines is 1. The van der Waals surface area contributed by atoms with Crippen LogP contribution in [0.2, 0.25) is 0 Å². The summed E-state index contributed by atoms with van der Waals surface area (Å²) in [6.45, 7) is 2.38. The van der Waals surface area contributed by atoms with E-state index >= 15 is 0 Å². The second-order valence-electron chi connectivity index (χ2n) is 10.8. The number of carbonyl (C=O) groups is 1. The quantitative estimate of drug-likeness (QED) is 0.184. The van der Waals surface area contributed by atoms with E-state index in [0.717, 1.165) is 32.1 Å². The molecule has 0 atom stereocenters. The van der Waals surface area contributed by atoms with Gasteiger partial charge in [0, 0.05) is 0 Å². The fraction of sp³-hybridized carbons (Fsp3) is 0.778. The zero-order valence-corrected chi connectivity index (χ0v) is 22.1. The zero-order valence-electron chi connectivity index (χ0n) is 22.1. The topological polar surface area (TPSA) is 74.7 Å². The van der Waals surface area contributed by atoms with Crippen molar-refractivity contribution in [2.45, 2.75) is 102 Å². The third-order valence-electron chi connectivity index (χ3n) is 7.18. The number of ether oxygens (including phenoxy) is 1. The Kier molecular flexibility index (Phi) is 10.6. The SMILES string of the molecule is CCCCCCCCCCNC1(C(F)(F)F)CC1.O=C(O)c1ccc(N2CC(F)(F)C2)c(OCC2CC2)n1. The molecule has 1 aliphatic heterocycles. The summed E-state index contributed by atoms with van der Waals surface area (Å²) >= 11 is 0. The lowest BCUT2D eigenvalue weighted by molar-refractivity contribution is -0.165. The van der Waals surface area contributed by atoms with Crippen LogP contribution in [0.5, 0.6) is 5.88 Å². The second kappa shape index (κ2) is 13.3. The van der Waals surface area contributed by atoms with Gasteiger partial charge in [0.1, 0.15) is 11.2 Å². The van der Waals surface area contributed by atoms with Crippen LogP contribution in [-0.2, 0) is 0 Å². The van der Waals surface area contributed by atoms with Crippen LogP contribution in [0, 0.1) is 5.92 Å². The van der Waals surface area contributed by atoms with Crippen LogP contribution in [-0.4, -0.2) is 59.9 Å². The lowest BCUT2D eigenvalue weighted by atomic mass is 10.1. The lowest BCUT2D eigenvalue weighted by Crippen LogP contribution is -2.56. The summed E-state index contributed by atoms with van der Waals surface area (Å²) in [6.07, 6.45) is 8.03. The highest BCUT2D eigenvalue weighted by molar-refractivity contribution is 5.86. The monoisotopic (exact) mass is 549 g/mol. The number of nitrogens with one attached hydrogen (secondary N) is 1. The highest BCUT2D eigenvalue weighted by Gasteiger charge is 2.62. The number of halogens is 5. The zero-order chi connectivity index (χ0) is 27.8. The first-order valence-electron chi connectivity index (χ1n) is 13.8. The van der Waals surface area contributed by atoms with Gasteiger partial charge in [0.05, 0.1) is 19.7 Å². The maximum absolute atomic E-state index is 12.9. The van der Waals surface area contributed by atoms with Crippen LogP contribution >= 0.6 is 0 Å². The summed E-state index contributed by atoms with van der Waals surface area (Å²) < 4.78 is 69.1. The molecule has 216 valence electrons. The van der Waals surface area contributed by atoms with E-state index < -0.39 is 23.6 Å². The van der Waals surface area contributed by atoms with Gasteiger partial charge in [-0.3, -0.25) is 0 Å². The number of nitrogens with zero attached hydrogens (tertiary/aromatic N) is 2. The summed E-state index contributed by atoms with van der Waals surface area (Å²) in [4.78, 5) is 16.3. The number of aromatic carboxylic acids is 1. The molecular formula is C27H40F5N3O3. The summed E-state index contributed by atoms with van der Waals surface area (Å²) in [7, 11) is 0. The van der Waals surface area contributed by atoms with Crippen LogP contribution in [0.15, 0.2) is 12.1 Å². The number of unbranched alkanes of at least 4 members (excludes halogenated alkanes) is 7. The molecule has 2 aliphatic carbocycles. The number of carboxylic acid groups (broad SMARTS) is 1. The lowest BCUT2D eigenvalue weighted by Gasteiger charge is -2.40. The molecule has 1 aromatic heterocycles. The van der Waals surface area contributed by atoms with Crippen molar-refractivity contribution < 1.29 is 36.6 Å². The molecule has 1 saturated heterocycles. The molecule has 0 aromatic carbocycles. The largest absolute Gasteiger partial charge is 0.477 e. The summed E-state index contributed by atoms with van der Waals surface area (Å²) in [5.74, 6) is -3.26. The highest BCUT2D eigenvalue weighted by atomic mass is 19.4. The third kappa shape index (κ3) is 9.24. The molecule has 6 nitrogen and oxygen atoms in total. The number of hydrogen-bond acceptors (Lipinski definition) is 5. The average Bonchev–Trinajstić information content (AvgIpc) is 3.75. The van der Waals surface area contributed by atoms with Gasteiger partial charge in [0.25, 0.3) is 5.92 Å². The molecular weight excluding hydrogens is 509 g/mol. The molecule has 3 fully saturated rings. The number of alkyl halides is 5. The van der Waals surface area contributed by atoms with Crippen LogP contribution in [0.4, 0.5) is 27.6 Å². The van der Waals surface area contributed by atoms with E-state index in [2.05, 4.69) is 17.2 Å². The molecule has 0 radical (unpaired) electrons. The Morgan fingerprint density at radius 2 is 1.68 bits per heavy atom. The Morgan fingerprint density at radius 3 is 2.18 bits per heavy atom. The smallest absolute Gasteiger partial charge is 0.406 e. The molecule has 3 aliphatic rings. The van der Waals surface area contributed by atoms with Gasteiger partial charge in [-0.15, -0.1) is 0 Å². The van der Waals surface area contributed by atoms with E-state index in [0.29, 0.717) is 24.8 Å².